The van der Waals surface area contributed by atoms with Crippen molar-refractivity contribution in [1.82, 2.24) is 54.8 Å². The van der Waals surface area contributed by atoms with Crippen LogP contribution in [-0.2, 0) is 0 Å². The third-order valence-electron chi connectivity index (χ3n) is 8.26. The molecule has 0 bridgehead atoms. The number of halogens is 2. The van der Waals surface area contributed by atoms with E-state index >= 15 is 0 Å². The molecule has 0 aliphatic heterocycles. The number of aryl methyl sites for hydroxylation is 16. The fourth-order valence-electron chi connectivity index (χ4n) is 4.20. The van der Waals surface area contributed by atoms with Crippen molar-refractivity contribution in [3.8, 4) is 0 Å². The van der Waals surface area contributed by atoms with Crippen molar-refractivity contribution < 1.29 is 8.78 Å². The Hall–Kier alpha value is -7.15. The molecule has 0 N–H and O–H groups in total. The highest BCUT2D eigenvalue weighted by Gasteiger charge is 1.95. The molecule has 0 atom stereocenters. The average molecular weight is 896 g/mol. The summed E-state index contributed by atoms with van der Waals surface area (Å²) >= 11 is 0. The van der Waals surface area contributed by atoms with E-state index in [2.05, 4.69) is 67.0 Å². The largest absolute Gasteiger partial charge is 0.261 e. The number of nitrogens with zero attached hydrogens (tertiary/aromatic N) is 11. The molecule has 0 amide bonds. The maximum atomic E-state index is 12.6. The maximum absolute atomic E-state index is 12.6. The van der Waals surface area contributed by atoms with Gasteiger partial charge in [-0.2, -0.15) is 4.39 Å². The molecule has 0 unspecified atom stereocenters. The number of rotatable bonds is 0. The summed E-state index contributed by atoms with van der Waals surface area (Å²) in [6.45, 7) is 30.5. The lowest BCUT2D eigenvalue weighted by Gasteiger charge is -1.94. The van der Waals surface area contributed by atoms with Crippen LogP contribution in [0, 0.1) is 123 Å². The molecule has 13 heteroatoms. The van der Waals surface area contributed by atoms with Gasteiger partial charge in [-0.3, -0.25) is 29.9 Å². The fraction of sp³-hybridized carbons (Fsp3) is 0.302. The van der Waals surface area contributed by atoms with Crippen molar-refractivity contribution in [2.24, 2.45) is 0 Å². The third kappa shape index (κ3) is 28.5. The summed E-state index contributed by atoms with van der Waals surface area (Å²) in [5.41, 5.74) is 13.7. The van der Waals surface area contributed by atoms with Gasteiger partial charge in [0.05, 0.1) is 22.8 Å². The van der Waals surface area contributed by atoms with E-state index < -0.39 is 0 Å². The van der Waals surface area contributed by atoms with Crippen LogP contribution >= 0.6 is 0 Å². The second-order valence-corrected chi connectivity index (χ2v) is 15.5. The van der Waals surface area contributed by atoms with Crippen molar-refractivity contribution in [2.45, 2.75) is 111 Å². The topological polar surface area (TPSA) is 142 Å². The van der Waals surface area contributed by atoms with Crippen LogP contribution in [0.5, 0.6) is 0 Å². The van der Waals surface area contributed by atoms with Crippen LogP contribution in [0.15, 0.2) is 117 Å². The molecule has 0 aliphatic rings. The molecule has 0 saturated heterocycles. The average Bonchev–Trinajstić information content (AvgIpc) is 3.29. The van der Waals surface area contributed by atoms with E-state index in [-0.39, 0.29) is 11.8 Å². The van der Waals surface area contributed by atoms with E-state index in [9.17, 15) is 8.78 Å². The summed E-state index contributed by atoms with van der Waals surface area (Å²) in [5, 5.41) is 0. The molecule has 0 fully saturated rings. The lowest BCUT2D eigenvalue weighted by atomic mass is 10.2. The normalized spacial score (nSPS) is 9.36. The van der Waals surface area contributed by atoms with Crippen molar-refractivity contribution in [3.05, 3.63) is 219 Å². The number of hydrogen-bond donors (Lipinski definition) is 0. The lowest BCUT2D eigenvalue weighted by Crippen LogP contribution is -1.88. The van der Waals surface area contributed by atoms with E-state index in [1.165, 1.54) is 17.2 Å². The number of aromatic nitrogens is 11. The van der Waals surface area contributed by atoms with Gasteiger partial charge >= 0.3 is 0 Å². The first-order chi connectivity index (χ1) is 31.1. The maximum Gasteiger partial charge on any atom is 0.215 e. The first-order valence-electron chi connectivity index (χ1n) is 21.3. The molecule has 0 aliphatic carbocycles. The Morgan fingerprint density at radius 3 is 0.818 bits per heavy atom. The molecule has 8 rings (SSSR count). The number of benzene rings is 1. The van der Waals surface area contributed by atoms with Gasteiger partial charge in [0, 0.05) is 84.6 Å². The zero-order valence-electron chi connectivity index (χ0n) is 41.6. The van der Waals surface area contributed by atoms with Crippen LogP contribution in [0.25, 0.3) is 0 Å². The van der Waals surface area contributed by atoms with Crippen LogP contribution in [-0.4, -0.2) is 54.8 Å². The lowest BCUT2D eigenvalue weighted by molar-refractivity contribution is 0.571. The molecule has 0 radical (unpaired) electrons. The standard InChI is InChI=1S/C8H9F.C7H8FN.2C7H9N.4C6H8N2/c1-6-3-4-7(2)8(9)5-6;1-5-3-4-6(2)9-7(5)8;2*1-6-3-4-7(2)8-5-6;2*1-5-3-8-6(2)4-7-5;2*1-5-3-7-6(2)8-4-5/h3-5H,1-2H3;3-4H,1-2H3;2*3-5H,1-2H3;4*3-4H,1-2H3. The second kappa shape index (κ2) is 31.7. The van der Waals surface area contributed by atoms with Crippen molar-refractivity contribution >= 4 is 0 Å². The van der Waals surface area contributed by atoms with Gasteiger partial charge in [0.15, 0.2) is 0 Å². The SMILES string of the molecule is Cc1ccc(C)c(F)c1.Cc1ccc(C)c(F)n1.Cc1ccc(C)nc1.Cc1ccc(C)nc1.Cc1cnc(C)cn1.Cc1cnc(C)cn1.Cc1cnc(C)nc1.Cc1cnc(C)nc1. The van der Waals surface area contributed by atoms with Crippen LogP contribution < -0.4 is 0 Å². The Kier molecular flexibility index (Phi) is 27.3. The Morgan fingerprint density at radius 2 is 0.576 bits per heavy atom. The zero-order valence-corrected chi connectivity index (χ0v) is 41.6. The van der Waals surface area contributed by atoms with E-state index in [1.807, 2.05) is 145 Å². The van der Waals surface area contributed by atoms with Gasteiger partial charge < -0.3 is 0 Å². The van der Waals surface area contributed by atoms with E-state index in [0.29, 0.717) is 11.1 Å². The summed E-state index contributed by atoms with van der Waals surface area (Å²) in [4.78, 5) is 43.7. The second-order valence-electron chi connectivity index (χ2n) is 15.5. The third-order valence-corrected chi connectivity index (χ3v) is 8.26. The zero-order chi connectivity index (χ0) is 49.6. The minimum Gasteiger partial charge on any atom is -0.261 e. The fourth-order valence-corrected chi connectivity index (χ4v) is 4.20. The van der Waals surface area contributed by atoms with Crippen molar-refractivity contribution in [2.75, 3.05) is 0 Å². The first-order valence-corrected chi connectivity index (χ1v) is 21.3. The summed E-state index contributed by atoms with van der Waals surface area (Å²) in [7, 11) is 0. The minimum atomic E-state index is -0.366. The van der Waals surface area contributed by atoms with Gasteiger partial charge in [-0.1, -0.05) is 30.3 Å². The van der Waals surface area contributed by atoms with Gasteiger partial charge in [0.25, 0.3) is 0 Å². The molecule has 11 nitrogen and oxygen atoms in total. The van der Waals surface area contributed by atoms with Gasteiger partial charge in [-0.25, -0.2) is 29.3 Å². The molecule has 348 valence electrons. The Morgan fingerprint density at radius 1 is 0.273 bits per heavy atom. The Bertz CT molecular complexity index is 2000. The Balaban J connectivity index is 0.000000377. The van der Waals surface area contributed by atoms with Crippen molar-refractivity contribution in [3.63, 3.8) is 0 Å². The van der Waals surface area contributed by atoms with Gasteiger partial charge in [-0.15, -0.1) is 0 Å². The first kappa shape index (κ1) is 56.9. The van der Waals surface area contributed by atoms with Crippen LogP contribution in [0.4, 0.5) is 8.78 Å². The van der Waals surface area contributed by atoms with Crippen LogP contribution in [0.1, 0.15) is 90.5 Å². The van der Waals surface area contributed by atoms with Crippen LogP contribution in [0.2, 0.25) is 0 Å². The highest BCUT2D eigenvalue weighted by molar-refractivity contribution is 5.22. The molecule has 7 aromatic heterocycles. The predicted molar refractivity (Wildman–Crippen MR) is 263 cm³/mol. The van der Waals surface area contributed by atoms with Gasteiger partial charge in [-0.05, 0) is 168 Å². The van der Waals surface area contributed by atoms with E-state index in [1.54, 1.807) is 63.8 Å². The molecule has 8 aromatic rings. The quantitative estimate of drug-likeness (QED) is 0.134. The highest BCUT2D eigenvalue weighted by atomic mass is 19.1. The van der Waals surface area contributed by atoms with Crippen molar-refractivity contribution in [1.29, 1.82) is 0 Å². The molecular weight excluding hydrogens is 829 g/mol. The smallest absolute Gasteiger partial charge is 0.215 e. The monoisotopic (exact) mass is 896 g/mol. The number of hydrogen-bond acceptors (Lipinski definition) is 11. The molecule has 66 heavy (non-hydrogen) atoms. The predicted octanol–water partition coefficient (Wildman–Crippen LogP) is 12.1. The number of pyridine rings is 3. The molecule has 0 saturated carbocycles. The molecule has 1 aromatic carbocycles. The summed E-state index contributed by atoms with van der Waals surface area (Å²) in [5.74, 6) is 1.18. The van der Waals surface area contributed by atoms with Gasteiger partial charge in [0.1, 0.15) is 17.5 Å². The Labute approximate surface area is 391 Å². The molecule has 0 spiro atoms. The van der Waals surface area contributed by atoms with Gasteiger partial charge in [0.2, 0.25) is 5.95 Å². The molecular formula is C53H67F2N11. The summed E-state index contributed by atoms with van der Waals surface area (Å²) in [6.07, 6.45) is 18.0. The summed E-state index contributed by atoms with van der Waals surface area (Å²) in [6, 6.07) is 16.9. The van der Waals surface area contributed by atoms with E-state index in [0.717, 1.165) is 68.2 Å². The summed E-state index contributed by atoms with van der Waals surface area (Å²) < 4.78 is 25.0. The van der Waals surface area contributed by atoms with E-state index in [4.69, 9.17) is 0 Å². The molecule has 7 heterocycles. The van der Waals surface area contributed by atoms with Crippen LogP contribution in [0.3, 0.4) is 0 Å². The highest BCUT2D eigenvalue weighted by Crippen LogP contribution is 2.07. The minimum absolute atomic E-state index is 0.116.